The molecule has 1 saturated heterocycles. The van der Waals surface area contributed by atoms with E-state index in [-0.39, 0.29) is 17.9 Å². The Morgan fingerprint density at radius 2 is 2.25 bits per heavy atom. The summed E-state index contributed by atoms with van der Waals surface area (Å²) in [5, 5.41) is 6.41. The van der Waals surface area contributed by atoms with Crippen LogP contribution in [0.2, 0.25) is 0 Å². The van der Waals surface area contributed by atoms with Crippen molar-refractivity contribution in [1.82, 2.24) is 15.5 Å². The molecule has 3 atom stereocenters. The van der Waals surface area contributed by atoms with Gasteiger partial charge in [0.15, 0.2) is 0 Å². The largest absolute Gasteiger partial charge is 0.353 e. The second-order valence-electron chi connectivity index (χ2n) is 5.14. The molecule has 3 unspecified atom stereocenters. The van der Waals surface area contributed by atoms with E-state index in [1.807, 2.05) is 0 Å². The SMILES string of the molecule is CC(CCN(C)C)NC(=O)C1CCNC1C. The highest BCUT2D eigenvalue weighted by Crippen LogP contribution is 2.15. The number of amides is 1. The van der Waals surface area contributed by atoms with Crippen molar-refractivity contribution in [2.24, 2.45) is 5.92 Å². The van der Waals surface area contributed by atoms with E-state index in [1.54, 1.807) is 0 Å². The maximum Gasteiger partial charge on any atom is 0.224 e. The smallest absolute Gasteiger partial charge is 0.224 e. The van der Waals surface area contributed by atoms with Crippen LogP contribution in [0.4, 0.5) is 0 Å². The average molecular weight is 227 g/mol. The Kier molecular flexibility index (Phi) is 5.22. The van der Waals surface area contributed by atoms with Crippen LogP contribution in [0, 0.1) is 5.92 Å². The fourth-order valence-corrected chi connectivity index (χ4v) is 2.09. The standard InChI is InChI=1S/C12H25N3O/c1-9(6-8-15(3)4)14-12(16)11-5-7-13-10(11)2/h9-11,13H,5-8H2,1-4H3,(H,14,16). The third kappa shape index (κ3) is 4.10. The molecule has 0 aromatic rings. The Hall–Kier alpha value is -0.610. The monoisotopic (exact) mass is 227 g/mol. The summed E-state index contributed by atoms with van der Waals surface area (Å²) in [6.45, 7) is 6.14. The Balaban J connectivity index is 2.27. The van der Waals surface area contributed by atoms with Gasteiger partial charge in [-0.15, -0.1) is 0 Å². The summed E-state index contributed by atoms with van der Waals surface area (Å²) in [4.78, 5) is 14.1. The number of carbonyl (C=O) groups excluding carboxylic acids is 1. The number of carbonyl (C=O) groups is 1. The molecule has 1 amide bonds. The van der Waals surface area contributed by atoms with Crippen molar-refractivity contribution in [3.05, 3.63) is 0 Å². The first-order valence-electron chi connectivity index (χ1n) is 6.19. The van der Waals surface area contributed by atoms with Gasteiger partial charge < -0.3 is 15.5 Å². The molecule has 0 bridgehead atoms. The Morgan fingerprint density at radius 1 is 1.56 bits per heavy atom. The maximum atomic E-state index is 11.9. The second kappa shape index (κ2) is 6.21. The predicted molar refractivity (Wildman–Crippen MR) is 66.3 cm³/mol. The molecule has 0 aromatic carbocycles. The highest BCUT2D eigenvalue weighted by molar-refractivity contribution is 5.79. The van der Waals surface area contributed by atoms with E-state index < -0.39 is 0 Å². The summed E-state index contributed by atoms with van der Waals surface area (Å²) in [5.41, 5.74) is 0. The molecule has 0 spiro atoms. The van der Waals surface area contributed by atoms with Crippen LogP contribution in [0.1, 0.15) is 26.7 Å². The van der Waals surface area contributed by atoms with Crippen molar-refractivity contribution in [3.8, 4) is 0 Å². The summed E-state index contributed by atoms with van der Waals surface area (Å²) >= 11 is 0. The molecular weight excluding hydrogens is 202 g/mol. The lowest BCUT2D eigenvalue weighted by molar-refractivity contribution is -0.125. The van der Waals surface area contributed by atoms with Gasteiger partial charge >= 0.3 is 0 Å². The number of hydrogen-bond donors (Lipinski definition) is 2. The minimum Gasteiger partial charge on any atom is -0.353 e. The van der Waals surface area contributed by atoms with Gasteiger partial charge in [0.2, 0.25) is 5.91 Å². The summed E-state index contributed by atoms with van der Waals surface area (Å²) < 4.78 is 0. The predicted octanol–water partition coefficient (Wildman–Crippen LogP) is 0.441. The molecular formula is C12H25N3O. The van der Waals surface area contributed by atoms with Crippen LogP contribution in [-0.2, 0) is 4.79 Å². The van der Waals surface area contributed by atoms with E-state index in [2.05, 4.69) is 43.5 Å². The lowest BCUT2D eigenvalue weighted by Gasteiger charge is -2.20. The summed E-state index contributed by atoms with van der Waals surface area (Å²) in [6, 6.07) is 0.587. The van der Waals surface area contributed by atoms with E-state index in [4.69, 9.17) is 0 Å². The van der Waals surface area contributed by atoms with Gasteiger partial charge in [-0.05, 0) is 53.9 Å². The van der Waals surface area contributed by atoms with Gasteiger partial charge in [-0.25, -0.2) is 0 Å². The lowest BCUT2D eigenvalue weighted by atomic mass is 10.0. The van der Waals surface area contributed by atoms with Crippen molar-refractivity contribution >= 4 is 5.91 Å². The van der Waals surface area contributed by atoms with Crippen molar-refractivity contribution in [2.45, 2.75) is 38.8 Å². The highest BCUT2D eigenvalue weighted by atomic mass is 16.2. The lowest BCUT2D eigenvalue weighted by Crippen LogP contribution is -2.41. The number of nitrogens with one attached hydrogen (secondary N) is 2. The quantitative estimate of drug-likeness (QED) is 0.716. The van der Waals surface area contributed by atoms with E-state index in [0.29, 0.717) is 6.04 Å². The molecule has 4 heteroatoms. The van der Waals surface area contributed by atoms with E-state index >= 15 is 0 Å². The molecule has 0 saturated carbocycles. The molecule has 16 heavy (non-hydrogen) atoms. The maximum absolute atomic E-state index is 11.9. The molecule has 0 aromatic heterocycles. The van der Waals surface area contributed by atoms with Crippen molar-refractivity contribution < 1.29 is 4.79 Å². The summed E-state index contributed by atoms with van der Waals surface area (Å²) in [6.07, 6.45) is 1.97. The van der Waals surface area contributed by atoms with E-state index in [1.165, 1.54) is 0 Å². The zero-order valence-electron chi connectivity index (χ0n) is 10.9. The van der Waals surface area contributed by atoms with Gasteiger partial charge in [0.1, 0.15) is 0 Å². The van der Waals surface area contributed by atoms with Gasteiger partial charge in [0.05, 0.1) is 5.92 Å². The topological polar surface area (TPSA) is 44.4 Å². The van der Waals surface area contributed by atoms with Crippen molar-refractivity contribution in [2.75, 3.05) is 27.2 Å². The minimum absolute atomic E-state index is 0.154. The van der Waals surface area contributed by atoms with Crippen LogP contribution in [0.25, 0.3) is 0 Å². The summed E-state index contributed by atoms with van der Waals surface area (Å²) in [7, 11) is 4.11. The van der Waals surface area contributed by atoms with Gasteiger partial charge in [0.25, 0.3) is 0 Å². The first-order valence-corrected chi connectivity index (χ1v) is 6.19. The van der Waals surface area contributed by atoms with Crippen LogP contribution in [0.3, 0.4) is 0 Å². The van der Waals surface area contributed by atoms with Crippen molar-refractivity contribution in [1.29, 1.82) is 0 Å². The number of hydrogen-bond acceptors (Lipinski definition) is 3. The van der Waals surface area contributed by atoms with E-state index in [0.717, 1.165) is 25.9 Å². The Labute approximate surface area is 98.8 Å². The molecule has 1 aliphatic heterocycles. The Bertz CT molecular complexity index is 230. The molecule has 0 radical (unpaired) electrons. The van der Waals surface area contributed by atoms with Crippen molar-refractivity contribution in [3.63, 3.8) is 0 Å². The molecule has 4 nitrogen and oxygen atoms in total. The first kappa shape index (κ1) is 13.5. The molecule has 94 valence electrons. The fraction of sp³-hybridized carbons (Fsp3) is 0.917. The van der Waals surface area contributed by atoms with Crippen LogP contribution in [0.5, 0.6) is 0 Å². The minimum atomic E-state index is 0.154. The van der Waals surface area contributed by atoms with Gasteiger partial charge in [-0.1, -0.05) is 0 Å². The first-order chi connectivity index (χ1) is 7.50. The van der Waals surface area contributed by atoms with Crippen LogP contribution >= 0.6 is 0 Å². The third-order valence-electron chi connectivity index (χ3n) is 3.26. The molecule has 1 heterocycles. The fourth-order valence-electron chi connectivity index (χ4n) is 2.09. The van der Waals surface area contributed by atoms with Gasteiger partial charge in [-0.3, -0.25) is 4.79 Å². The zero-order valence-corrected chi connectivity index (χ0v) is 10.9. The molecule has 0 aliphatic carbocycles. The molecule has 1 rings (SSSR count). The van der Waals surface area contributed by atoms with E-state index in [9.17, 15) is 4.79 Å². The average Bonchev–Trinajstić information content (AvgIpc) is 2.61. The third-order valence-corrected chi connectivity index (χ3v) is 3.26. The highest BCUT2D eigenvalue weighted by Gasteiger charge is 2.29. The van der Waals surface area contributed by atoms with Gasteiger partial charge in [-0.2, -0.15) is 0 Å². The van der Waals surface area contributed by atoms with Crippen LogP contribution in [-0.4, -0.2) is 50.1 Å². The zero-order chi connectivity index (χ0) is 12.1. The molecule has 1 aliphatic rings. The van der Waals surface area contributed by atoms with Crippen LogP contribution in [0.15, 0.2) is 0 Å². The molecule has 1 fully saturated rings. The second-order valence-corrected chi connectivity index (χ2v) is 5.14. The normalized spacial score (nSPS) is 27.1. The summed E-state index contributed by atoms with van der Waals surface area (Å²) in [5.74, 6) is 0.366. The Morgan fingerprint density at radius 3 is 2.75 bits per heavy atom. The van der Waals surface area contributed by atoms with Crippen LogP contribution < -0.4 is 10.6 Å². The number of rotatable bonds is 5. The molecule has 2 N–H and O–H groups in total. The number of nitrogens with zero attached hydrogens (tertiary/aromatic N) is 1. The van der Waals surface area contributed by atoms with Gasteiger partial charge in [0, 0.05) is 12.1 Å².